The summed E-state index contributed by atoms with van der Waals surface area (Å²) in [6.45, 7) is 2.96. The molecule has 4 nitrogen and oxygen atoms in total. The summed E-state index contributed by atoms with van der Waals surface area (Å²) in [6, 6.07) is 7.86. The van der Waals surface area contributed by atoms with Crippen LogP contribution in [0.3, 0.4) is 0 Å². The Hall–Kier alpha value is -1.55. The zero-order valence-corrected chi connectivity index (χ0v) is 14.9. The SMILES string of the molecule is CC(=O)N1CCC(C(=O)NC2(c3ccc(Cl)cc3)CCCC2)CC1. The molecule has 2 fully saturated rings. The Morgan fingerprint density at radius 3 is 2.25 bits per heavy atom. The van der Waals surface area contributed by atoms with Crippen molar-refractivity contribution in [3.63, 3.8) is 0 Å². The van der Waals surface area contributed by atoms with Crippen molar-refractivity contribution >= 4 is 23.4 Å². The van der Waals surface area contributed by atoms with Gasteiger partial charge in [0.2, 0.25) is 11.8 Å². The van der Waals surface area contributed by atoms with Gasteiger partial charge in [0.15, 0.2) is 0 Å². The zero-order chi connectivity index (χ0) is 17.2. The number of nitrogens with one attached hydrogen (secondary N) is 1. The number of amides is 2. The first-order valence-electron chi connectivity index (χ1n) is 8.84. The summed E-state index contributed by atoms with van der Waals surface area (Å²) in [5.74, 6) is 0.239. The Morgan fingerprint density at radius 2 is 1.71 bits per heavy atom. The highest BCUT2D eigenvalue weighted by Gasteiger charge is 2.39. The van der Waals surface area contributed by atoms with Crippen molar-refractivity contribution in [3.05, 3.63) is 34.9 Å². The van der Waals surface area contributed by atoms with E-state index in [1.54, 1.807) is 6.92 Å². The fourth-order valence-corrected chi connectivity index (χ4v) is 4.15. The van der Waals surface area contributed by atoms with Crippen molar-refractivity contribution in [3.8, 4) is 0 Å². The molecule has 3 rings (SSSR count). The van der Waals surface area contributed by atoms with Gasteiger partial charge in [0.25, 0.3) is 0 Å². The molecule has 2 amide bonds. The number of rotatable bonds is 3. The number of benzene rings is 1. The highest BCUT2D eigenvalue weighted by atomic mass is 35.5. The standard InChI is InChI=1S/C19H25ClN2O2/c1-14(23)22-12-8-15(9-13-22)18(24)21-19(10-2-3-11-19)16-4-6-17(20)7-5-16/h4-7,15H,2-3,8-13H2,1H3,(H,21,24). The van der Waals surface area contributed by atoms with Crippen LogP contribution in [0.15, 0.2) is 24.3 Å². The number of carbonyl (C=O) groups is 2. The second-order valence-electron chi connectivity index (χ2n) is 7.07. The van der Waals surface area contributed by atoms with E-state index in [-0.39, 0.29) is 23.3 Å². The summed E-state index contributed by atoms with van der Waals surface area (Å²) in [5, 5.41) is 4.07. The van der Waals surface area contributed by atoms with Crippen molar-refractivity contribution in [2.45, 2.75) is 51.0 Å². The first kappa shape index (κ1) is 17.3. The molecule has 0 atom stereocenters. The van der Waals surface area contributed by atoms with Crippen molar-refractivity contribution in [1.82, 2.24) is 10.2 Å². The molecular formula is C19H25ClN2O2. The molecule has 5 heteroatoms. The maximum Gasteiger partial charge on any atom is 0.223 e. The van der Waals surface area contributed by atoms with Crippen LogP contribution in [0.1, 0.15) is 51.0 Å². The molecular weight excluding hydrogens is 324 g/mol. The minimum atomic E-state index is -0.251. The van der Waals surface area contributed by atoms with Crippen LogP contribution in [-0.4, -0.2) is 29.8 Å². The molecule has 0 bridgehead atoms. The van der Waals surface area contributed by atoms with Gasteiger partial charge in [-0.3, -0.25) is 9.59 Å². The summed E-state index contributed by atoms with van der Waals surface area (Å²) in [6.07, 6.45) is 5.72. The van der Waals surface area contributed by atoms with Crippen molar-refractivity contribution in [2.75, 3.05) is 13.1 Å². The Balaban J connectivity index is 1.69. The van der Waals surface area contributed by atoms with Crippen molar-refractivity contribution < 1.29 is 9.59 Å². The molecule has 130 valence electrons. The van der Waals surface area contributed by atoms with E-state index in [0.717, 1.165) is 49.1 Å². The highest BCUT2D eigenvalue weighted by molar-refractivity contribution is 6.30. The lowest BCUT2D eigenvalue weighted by molar-refractivity contribution is -0.134. The highest BCUT2D eigenvalue weighted by Crippen LogP contribution is 2.39. The van der Waals surface area contributed by atoms with Crippen LogP contribution in [0.25, 0.3) is 0 Å². The zero-order valence-electron chi connectivity index (χ0n) is 14.2. The largest absolute Gasteiger partial charge is 0.346 e. The van der Waals surface area contributed by atoms with Gasteiger partial charge in [-0.1, -0.05) is 36.6 Å². The average Bonchev–Trinajstić information content (AvgIpc) is 3.05. The molecule has 1 aliphatic heterocycles. The Kier molecular flexibility index (Phi) is 5.14. The summed E-state index contributed by atoms with van der Waals surface area (Å²) in [7, 11) is 0. The monoisotopic (exact) mass is 348 g/mol. The third kappa shape index (κ3) is 3.59. The number of carbonyl (C=O) groups excluding carboxylic acids is 2. The topological polar surface area (TPSA) is 49.4 Å². The van der Waals surface area contributed by atoms with Gasteiger partial charge in [0, 0.05) is 31.0 Å². The van der Waals surface area contributed by atoms with Gasteiger partial charge in [0.05, 0.1) is 5.54 Å². The Morgan fingerprint density at radius 1 is 1.12 bits per heavy atom. The number of hydrogen-bond acceptors (Lipinski definition) is 2. The van der Waals surface area contributed by atoms with Crippen LogP contribution in [0, 0.1) is 5.92 Å². The predicted octanol–water partition coefficient (Wildman–Crippen LogP) is 3.48. The third-order valence-electron chi connectivity index (χ3n) is 5.53. The van der Waals surface area contributed by atoms with Crippen molar-refractivity contribution in [2.24, 2.45) is 5.92 Å². The maximum atomic E-state index is 12.8. The quantitative estimate of drug-likeness (QED) is 0.909. The lowest BCUT2D eigenvalue weighted by Gasteiger charge is -2.35. The van der Waals surface area contributed by atoms with Crippen LogP contribution in [0.5, 0.6) is 0 Å². The predicted molar refractivity (Wildman–Crippen MR) is 94.7 cm³/mol. The number of halogens is 1. The summed E-state index contributed by atoms with van der Waals surface area (Å²) >= 11 is 6.01. The molecule has 1 N–H and O–H groups in total. The lowest BCUT2D eigenvalue weighted by atomic mass is 9.86. The minimum absolute atomic E-state index is 0.00498. The molecule has 1 saturated carbocycles. The van der Waals surface area contributed by atoms with Gasteiger partial charge in [0.1, 0.15) is 0 Å². The van der Waals surface area contributed by atoms with E-state index in [4.69, 9.17) is 11.6 Å². The first-order valence-corrected chi connectivity index (χ1v) is 9.21. The molecule has 1 aromatic carbocycles. The molecule has 0 unspecified atom stereocenters. The molecule has 24 heavy (non-hydrogen) atoms. The molecule has 1 aromatic rings. The second kappa shape index (κ2) is 7.14. The molecule has 1 saturated heterocycles. The van der Waals surface area contributed by atoms with Crippen LogP contribution in [-0.2, 0) is 15.1 Å². The molecule has 1 heterocycles. The van der Waals surface area contributed by atoms with Crippen LogP contribution in [0.2, 0.25) is 5.02 Å². The van der Waals surface area contributed by atoms with Gasteiger partial charge in [-0.2, -0.15) is 0 Å². The Labute approximate surface area is 148 Å². The molecule has 2 aliphatic rings. The first-order chi connectivity index (χ1) is 11.5. The van der Waals surface area contributed by atoms with Crippen LogP contribution >= 0.6 is 11.6 Å². The fourth-order valence-electron chi connectivity index (χ4n) is 4.03. The average molecular weight is 349 g/mol. The molecule has 1 aliphatic carbocycles. The maximum absolute atomic E-state index is 12.8. The number of nitrogens with zero attached hydrogens (tertiary/aromatic N) is 1. The Bertz CT molecular complexity index is 600. The van der Waals surface area contributed by atoms with Gasteiger partial charge < -0.3 is 10.2 Å². The normalized spacial score (nSPS) is 20.8. The second-order valence-corrected chi connectivity index (χ2v) is 7.50. The van der Waals surface area contributed by atoms with E-state index < -0.39 is 0 Å². The number of hydrogen-bond donors (Lipinski definition) is 1. The molecule has 0 spiro atoms. The van der Waals surface area contributed by atoms with E-state index in [2.05, 4.69) is 5.32 Å². The summed E-state index contributed by atoms with van der Waals surface area (Å²) in [5.41, 5.74) is 0.901. The number of piperidine rings is 1. The van der Waals surface area contributed by atoms with Gasteiger partial charge in [-0.25, -0.2) is 0 Å². The van der Waals surface area contributed by atoms with E-state index in [1.807, 2.05) is 29.2 Å². The minimum Gasteiger partial charge on any atom is -0.346 e. The summed E-state index contributed by atoms with van der Waals surface area (Å²) < 4.78 is 0. The van der Waals surface area contributed by atoms with Gasteiger partial charge in [-0.05, 0) is 43.4 Å². The number of likely N-dealkylation sites (tertiary alicyclic amines) is 1. The van der Waals surface area contributed by atoms with Gasteiger partial charge in [-0.15, -0.1) is 0 Å². The van der Waals surface area contributed by atoms with Crippen LogP contribution in [0.4, 0.5) is 0 Å². The van der Waals surface area contributed by atoms with E-state index in [0.29, 0.717) is 13.1 Å². The van der Waals surface area contributed by atoms with Crippen molar-refractivity contribution in [1.29, 1.82) is 0 Å². The third-order valence-corrected chi connectivity index (χ3v) is 5.78. The van der Waals surface area contributed by atoms with E-state index in [1.165, 1.54) is 0 Å². The summed E-state index contributed by atoms with van der Waals surface area (Å²) in [4.78, 5) is 26.1. The molecule has 0 radical (unpaired) electrons. The smallest absolute Gasteiger partial charge is 0.223 e. The van der Waals surface area contributed by atoms with E-state index >= 15 is 0 Å². The van der Waals surface area contributed by atoms with Gasteiger partial charge >= 0.3 is 0 Å². The van der Waals surface area contributed by atoms with E-state index in [9.17, 15) is 9.59 Å². The van der Waals surface area contributed by atoms with Crippen LogP contribution < -0.4 is 5.32 Å². The lowest BCUT2D eigenvalue weighted by Crippen LogP contribution is -2.49. The fraction of sp³-hybridized carbons (Fsp3) is 0.579. The molecule has 0 aromatic heterocycles.